The first-order chi connectivity index (χ1) is 4.34. The van der Waals surface area contributed by atoms with Crippen molar-refractivity contribution >= 4 is 28.2 Å². The fraction of sp³-hybridized carbons (Fsp3) is 0. The van der Waals surface area contributed by atoms with Crippen LogP contribution in [0.1, 0.15) is 9.80 Å². The standard InChI is InChI=1S/C4H3N2OS2/c1-8-4(7)3-6-5-2-9-3/h2H,1H2. The molecule has 0 aromatic carbocycles. The minimum absolute atomic E-state index is 0.127. The Labute approximate surface area is 60.5 Å². The first-order valence-electron chi connectivity index (χ1n) is 2.07. The van der Waals surface area contributed by atoms with Crippen LogP contribution in [0.5, 0.6) is 0 Å². The van der Waals surface area contributed by atoms with Crippen molar-refractivity contribution in [3.8, 4) is 0 Å². The van der Waals surface area contributed by atoms with E-state index >= 15 is 0 Å². The van der Waals surface area contributed by atoms with Crippen molar-refractivity contribution in [2.75, 3.05) is 0 Å². The molecule has 0 unspecified atom stereocenters. The van der Waals surface area contributed by atoms with Crippen LogP contribution in [0.15, 0.2) is 5.51 Å². The number of rotatable bonds is 1. The summed E-state index contributed by atoms with van der Waals surface area (Å²) in [6, 6.07) is 0. The van der Waals surface area contributed by atoms with Crippen molar-refractivity contribution in [3.63, 3.8) is 0 Å². The molecule has 5 heteroatoms. The van der Waals surface area contributed by atoms with E-state index in [1.807, 2.05) is 0 Å². The lowest BCUT2D eigenvalue weighted by Crippen LogP contribution is -1.88. The van der Waals surface area contributed by atoms with Crippen LogP contribution >= 0.6 is 23.1 Å². The smallest absolute Gasteiger partial charge is 0.249 e. The Morgan fingerprint density at radius 1 is 1.89 bits per heavy atom. The van der Waals surface area contributed by atoms with Gasteiger partial charge in [-0.3, -0.25) is 4.79 Å². The molecule has 1 heterocycles. The second-order valence-electron chi connectivity index (χ2n) is 1.18. The van der Waals surface area contributed by atoms with Gasteiger partial charge in [0.15, 0.2) is 5.01 Å². The van der Waals surface area contributed by atoms with Crippen molar-refractivity contribution in [3.05, 3.63) is 16.8 Å². The summed E-state index contributed by atoms with van der Waals surface area (Å²) in [6.07, 6.45) is 3.35. The minimum Gasteiger partial charge on any atom is -0.279 e. The molecule has 3 nitrogen and oxygen atoms in total. The van der Waals surface area contributed by atoms with Crippen LogP contribution in [0.25, 0.3) is 0 Å². The Bertz CT molecular complexity index is 196. The normalized spacial score (nSPS) is 9.44. The zero-order valence-electron chi connectivity index (χ0n) is 4.40. The first kappa shape index (κ1) is 6.70. The molecule has 0 bridgehead atoms. The second-order valence-corrected chi connectivity index (χ2v) is 2.67. The molecule has 0 N–H and O–H groups in total. The lowest BCUT2D eigenvalue weighted by molar-refractivity contribution is 0.108. The van der Waals surface area contributed by atoms with Crippen LogP contribution < -0.4 is 0 Å². The predicted octanol–water partition coefficient (Wildman–Crippen LogP) is 1.20. The molecule has 9 heavy (non-hydrogen) atoms. The lowest BCUT2D eigenvalue weighted by Gasteiger charge is -1.82. The molecule has 0 saturated heterocycles. The van der Waals surface area contributed by atoms with Crippen LogP contribution in [0.2, 0.25) is 0 Å². The van der Waals surface area contributed by atoms with E-state index in [1.165, 1.54) is 16.8 Å². The molecular formula is C4H3N2OS2. The molecule has 47 valence electrons. The van der Waals surface area contributed by atoms with Gasteiger partial charge < -0.3 is 0 Å². The summed E-state index contributed by atoms with van der Waals surface area (Å²) < 4.78 is 0. The number of hydrogen-bond donors (Lipinski definition) is 0. The van der Waals surface area contributed by atoms with Crippen molar-refractivity contribution in [1.29, 1.82) is 0 Å². The Kier molecular flexibility index (Phi) is 2.18. The molecule has 0 aliphatic carbocycles. The Morgan fingerprint density at radius 3 is 3.11 bits per heavy atom. The van der Waals surface area contributed by atoms with Gasteiger partial charge in [0.1, 0.15) is 5.51 Å². The van der Waals surface area contributed by atoms with Gasteiger partial charge in [-0.2, -0.15) is 0 Å². The van der Waals surface area contributed by atoms with Gasteiger partial charge in [-0.1, -0.05) is 23.1 Å². The average molecular weight is 159 g/mol. The molecule has 1 aromatic rings. The van der Waals surface area contributed by atoms with E-state index in [0.717, 1.165) is 11.8 Å². The van der Waals surface area contributed by atoms with E-state index < -0.39 is 0 Å². The molecule has 0 aliphatic heterocycles. The fourth-order valence-electron chi connectivity index (χ4n) is 0.324. The molecule has 0 aliphatic rings. The van der Waals surface area contributed by atoms with E-state index in [2.05, 4.69) is 16.5 Å². The quantitative estimate of drug-likeness (QED) is 0.617. The van der Waals surface area contributed by atoms with Gasteiger partial charge in [-0.05, 0) is 0 Å². The lowest BCUT2D eigenvalue weighted by atomic mass is 10.8. The van der Waals surface area contributed by atoms with Crippen LogP contribution in [0.4, 0.5) is 0 Å². The molecule has 1 radical (unpaired) electrons. The topological polar surface area (TPSA) is 42.9 Å². The molecular weight excluding hydrogens is 156 g/mol. The molecule has 0 atom stereocenters. The zero-order valence-corrected chi connectivity index (χ0v) is 6.04. The highest BCUT2D eigenvalue weighted by molar-refractivity contribution is 8.15. The van der Waals surface area contributed by atoms with E-state index in [4.69, 9.17) is 0 Å². The molecule has 1 rings (SSSR count). The van der Waals surface area contributed by atoms with Crippen molar-refractivity contribution < 1.29 is 4.79 Å². The summed E-state index contributed by atoms with van der Waals surface area (Å²) in [5, 5.41) is 7.33. The number of hydrogen-bond acceptors (Lipinski definition) is 5. The highest BCUT2D eigenvalue weighted by atomic mass is 32.2. The zero-order chi connectivity index (χ0) is 6.69. The van der Waals surface area contributed by atoms with E-state index in [9.17, 15) is 4.79 Å². The summed E-state index contributed by atoms with van der Waals surface area (Å²) in [4.78, 5) is 10.7. The first-order valence-corrected chi connectivity index (χ1v) is 3.93. The van der Waals surface area contributed by atoms with Crippen LogP contribution in [-0.4, -0.2) is 15.3 Å². The Balaban J connectivity index is 2.77. The third-order valence-corrected chi connectivity index (χ3v) is 1.94. The summed E-state index contributed by atoms with van der Waals surface area (Å²) >= 11 is 2.12. The van der Waals surface area contributed by atoms with Gasteiger partial charge in [0.2, 0.25) is 5.12 Å². The van der Waals surface area contributed by atoms with Gasteiger partial charge in [0, 0.05) is 6.26 Å². The maximum atomic E-state index is 10.7. The minimum atomic E-state index is -0.127. The largest absolute Gasteiger partial charge is 0.279 e. The third-order valence-electron chi connectivity index (χ3n) is 0.666. The molecule has 0 amide bonds. The maximum Gasteiger partial charge on any atom is 0.249 e. The average Bonchev–Trinajstić information content (AvgIpc) is 2.37. The number of carbonyl (C=O) groups excluding carboxylic acids is 1. The third kappa shape index (κ3) is 1.49. The van der Waals surface area contributed by atoms with E-state index in [-0.39, 0.29) is 5.12 Å². The van der Waals surface area contributed by atoms with Crippen LogP contribution in [-0.2, 0) is 0 Å². The van der Waals surface area contributed by atoms with Crippen LogP contribution in [0, 0.1) is 6.26 Å². The van der Waals surface area contributed by atoms with Gasteiger partial charge >= 0.3 is 0 Å². The molecule has 0 saturated carbocycles. The summed E-state index contributed by atoms with van der Waals surface area (Å²) in [7, 11) is 0. The van der Waals surface area contributed by atoms with Gasteiger partial charge in [0.25, 0.3) is 0 Å². The fourth-order valence-corrected chi connectivity index (χ4v) is 1.19. The van der Waals surface area contributed by atoms with Crippen molar-refractivity contribution in [2.24, 2.45) is 0 Å². The van der Waals surface area contributed by atoms with Crippen molar-refractivity contribution in [2.45, 2.75) is 0 Å². The van der Waals surface area contributed by atoms with Gasteiger partial charge in [0.05, 0.1) is 0 Å². The SMILES string of the molecule is [CH2]SC(=O)c1nncs1. The second kappa shape index (κ2) is 2.93. The summed E-state index contributed by atoms with van der Waals surface area (Å²) in [5.41, 5.74) is 1.52. The molecule has 0 spiro atoms. The maximum absolute atomic E-state index is 10.7. The monoisotopic (exact) mass is 159 g/mol. The highest BCUT2D eigenvalue weighted by Crippen LogP contribution is 2.10. The van der Waals surface area contributed by atoms with Crippen LogP contribution in [0.3, 0.4) is 0 Å². The highest BCUT2D eigenvalue weighted by Gasteiger charge is 2.05. The number of thioether (sulfide) groups is 1. The predicted molar refractivity (Wildman–Crippen MR) is 37.2 cm³/mol. The number of nitrogens with zero attached hydrogens (tertiary/aromatic N) is 2. The summed E-state index contributed by atoms with van der Waals surface area (Å²) in [5.74, 6) is 0. The molecule has 0 fully saturated rings. The van der Waals surface area contributed by atoms with Gasteiger partial charge in [-0.25, -0.2) is 0 Å². The Morgan fingerprint density at radius 2 is 2.67 bits per heavy atom. The molecule has 1 aromatic heterocycles. The van der Waals surface area contributed by atoms with Gasteiger partial charge in [-0.15, -0.1) is 10.2 Å². The summed E-state index contributed by atoms with van der Waals surface area (Å²) in [6.45, 7) is 0. The Hall–Kier alpha value is -0.420. The number of aromatic nitrogens is 2. The van der Waals surface area contributed by atoms with E-state index in [1.54, 1.807) is 0 Å². The van der Waals surface area contributed by atoms with Crippen molar-refractivity contribution in [1.82, 2.24) is 10.2 Å². The van der Waals surface area contributed by atoms with E-state index in [0.29, 0.717) is 5.01 Å². The number of carbonyl (C=O) groups is 1.